The van der Waals surface area contributed by atoms with E-state index < -0.39 is 30.0 Å². The summed E-state index contributed by atoms with van der Waals surface area (Å²) in [4.78, 5) is 27.2. The summed E-state index contributed by atoms with van der Waals surface area (Å²) in [6.07, 6.45) is -5.04. The molecule has 0 bridgehead atoms. The summed E-state index contributed by atoms with van der Waals surface area (Å²) >= 11 is 0. The molecule has 1 unspecified atom stereocenters. The van der Waals surface area contributed by atoms with Crippen LogP contribution in [-0.2, 0) is 11.3 Å². The third kappa shape index (κ3) is 5.36. The molecule has 1 aliphatic rings. The maximum absolute atomic E-state index is 14.2. The Labute approximate surface area is 207 Å². The van der Waals surface area contributed by atoms with Crippen LogP contribution in [0.5, 0.6) is 5.75 Å². The Bertz CT molecular complexity index is 1220. The van der Waals surface area contributed by atoms with Crippen molar-refractivity contribution in [1.82, 2.24) is 4.90 Å². The summed E-state index contributed by atoms with van der Waals surface area (Å²) in [5, 5.41) is 5.14. The summed E-state index contributed by atoms with van der Waals surface area (Å²) in [7, 11) is 1.49. The number of hydrogen-bond donors (Lipinski definition) is 2. The quantitative estimate of drug-likeness (QED) is 0.462. The third-order valence-corrected chi connectivity index (χ3v) is 6.33. The molecule has 188 valence electrons. The van der Waals surface area contributed by atoms with E-state index in [2.05, 4.69) is 10.6 Å². The van der Waals surface area contributed by atoms with E-state index in [0.29, 0.717) is 18.0 Å². The van der Waals surface area contributed by atoms with E-state index in [0.717, 1.165) is 5.56 Å². The van der Waals surface area contributed by atoms with Gasteiger partial charge in [-0.3, -0.25) is 14.5 Å². The second-order valence-electron chi connectivity index (χ2n) is 8.71. The van der Waals surface area contributed by atoms with Gasteiger partial charge in [0.25, 0.3) is 5.91 Å². The number of likely N-dealkylation sites (tertiary alicyclic amines) is 1. The molecule has 1 atom stereocenters. The molecule has 36 heavy (non-hydrogen) atoms. The van der Waals surface area contributed by atoms with Gasteiger partial charge in [0, 0.05) is 24.3 Å². The van der Waals surface area contributed by atoms with Gasteiger partial charge in [0.2, 0.25) is 5.91 Å². The van der Waals surface area contributed by atoms with Gasteiger partial charge in [-0.1, -0.05) is 42.5 Å². The summed E-state index contributed by atoms with van der Waals surface area (Å²) in [5.74, 6) is -1.03. The van der Waals surface area contributed by atoms with Crippen LogP contribution in [-0.4, -0.2) is 43.1 Å². The summed E-state index contributed by atoms with van der Waals surface area (Å²) in [5.41, 5.74) is -0.686. The first-order chi connectivity index (χ1) is 17.2. The number of ether oxygens (including phenoxy) is 1. The van der Waals surface area contributed by atoms with E-state index in [9.17, 15) is 22.8 Å². The zero-order valence-corrected chi connectivity index (χ0v) is 19.6. The molecule has 6 nitrogen and oxygen atoms in total. The van der Waals surface area contributed by atoms with Crippen LogP contribution in [0.4, 0.5) is 24.5 Å². The molecular weight excluding hydrogens is 471 g/mol. The fourth-order valence-electron chi connectivity index (χ4n) is 4.31. The van der Waals surface area contributed by atoms with Crippen molar-refractivity contribution in [3.8, 4) is 5.75 Å². The molecule has 0 spiro atoms. The fraction of sp³-hybridized carbons (Fsp3) is 0.259. The van der Waals surface area contributed by atoms with E-state index in [1.807, 2.05) is 30.3 Å². The number of rotatable bonds is 7. The standard InChI is InChI=1S/C27H26F3N3O3/c1-36-23-10-6-5-9-22(23)32-24(34)20-11-13-21(14-12-20)31-25(35)26(27(28,29)30)15-16-33(18-26)17-19-7-3-2-4-8-19/h2-14H,15-18H2,1H3,(H,31,35)(H,32,34). The number of nitrogens with zero attached hydrogens (tertiary/aromatic N) is 1. The molecule has 4 rings (SSSR count). The van der Waals surface area contributed by atoms with Crippen molar-refractivity contribution in [2.24, 2.45) is 5.41 Å². The van der Waals surface area contributed by atoms with Crippen molar-refractivity contribution in [3.05, 3.63) is 90.0 Å². The zero-order chi connectivity index (χ0) is 25.8. The Morgan fingerprint density at radius 1 is 0.944 bits per heavy atom. The van der Waals surface area contributed by atoms with Crippen LogP contribution in [0.3, 0.4) is 0 Å². The van der Waals surface area contributed by atoms with Crippen LogP contribution in [0.25, 0.3) is 0 Å². The Hall–Kier alpha value is -3.85. The number of methoxy groups -OCH3 is 1. The van der Waals surface area contributed by atoms with E-state index in [1.54, 1.807) is 29.2 Å². The van der Waals surface area contributed by atoms with E-state index in [4.69, 9.17) is 4.74 Å². The number of amides is 2. The van der Waals surface area contributed by atoms with Crippen molar-refractivity contribution in [2.45, 2.75) is 19.1 Å². The summed E-state index contributed by atoms with van der Waals surface area (Å²) in [6, 6.07) is 21.8. The topological polar surface area (TPSA) is 70.7 Å². The average molecular weight is 498 g/mol. The summed E-state index contributed by atoms with van der Waals surface area (Å²) < 4.78 is 47.7. The second kappa shape index (κ2) is 10.4. The van der Waals surface area contributed by atoms with Crippen LogP contribution in [0, 0.1) is 5.41 Å². The first-order valence-electron chi connectivity index (χ1n) is 11.4. The molecule has 0 aromatic heterocycles. The molecule has 0 aliphatic carbocycles. The molecule has 1 saturated heterocycles. The Balaban J connectivity index is 1.44. The van der Waals surface area contributed by atoms with Crippen molar-refractivity contribution >= 4 is 23.2 Å². The van der Waals surface area contributed by atoms with Gasteiger partial charge in [-0.15, -0.1) is 0 Å². The van der Waals surface area contributed by atoms with Gasteiger partial charge in [0.15, 0.2) is 5.41 Å². The van der Waals surface area contributed by atoms with Gasteiger partial charge in [-0.2, -0.15) is 13.2 Å². The maximum atomic E-state index is 14.2. The first-order valence-corrected chi connectivity index (χ1v) is 11.4. The monoisotopic (exact) mass is 497 g/mol. The largest absolute Gasteiger partial charge is 0.495 e. The lowest BCUT2D eigenvalue weighted by atomic mass is 9.85. The second-order valence-corrected chi connectivity index (χ2v) is 8.71. The number of halogens is 3. The van der Waals surface area contributed by atoms with Crippen molar-refractivity contribution in [1.29, 1.82) is 0 Å². The number of alkyl halides is 3. The SMILES string of the molecule is COc1ccccc1NC(=O)c1ccc(NC(=O)C2(C(F)(F)F)CCN(Cc3ccccc3)C2)cc1. The number of hydrogen-bond acceptors (Lipinski definition) is 4. The smallest absolute Gasteiger partial charge is 0.404 e. The van der Waals surface area contributed by atoms with Gasteiger partial charge < -0.3 is 15.4 Å². The van der Waals surface area contributed by atoms with Crippen molar-refractivity contribution in [3.63, 3.8) is 0 Å². The minimum absolute atomic E-state index is 0.157. The lowest BCUT2D eigenvalue weighted by molar-refractivity contribution is -0.215. The van der Waals surface area contributed by atoms with Gasteiger partial charge in [-0.05, 0) is 54.9 Å². The predicted octanol–water partition coefficient (Wildman–Crippen LogP) is 5.34. The van der Waals surface area contributed by atoms with Crippen LogP contribution in [0.2, 0.25) is 0 Å². The molecule has 0 saturated carbocycles. The molecule has 1 heterocycles. The van der Waals surface area contributed by atoms with Gasteiger partial charge in [-0.25, -0.2) is 0 Å². The maximum Gasteiger partial charge on any atom is 0.404 e. The Morgan fingerprint density at radius 2 is 1.61 bits per heavy atom. The van der Waals surface area contributed by atoms with Gasteiger partial charge in [0.05, 0.1) is 12.8 Å². The number of anilines is 2. The lowest BCUT2D eigenvalue weighted by Crippen LogP contribution is -2.49. The van der Waals surface area contributed by atoms with Crippen LogP contribution in [0.15, 0.2) is 78.9 Å². The highest BCUT2D eigenvalue weighted by atomic mass is 19.4. The molecule has 3 aromatic carbocycles. The minimum Gasteiger partial charge on any atom is -0.495 e. The Kier molecular flexibility index (Phi) is 7.30. The Morgan fingerprint density at radius 3 is 2.28 bits per heavy atom. The number of nitrogens with one attached hydrogen (secondary N) is 2. The van der Waals surface area contributed by atoms with E-state index >= 15 is 0 Å². The molecule has 1 aliphatic heterocycles. The minimum atomic E-state index is -4.71. The first kappa shape index (κ1) is 25.2. The molecular formula is C27H26F3N3O3. The highest BCUT2D eigenvalue weighted by Gasteiger charge is 2.62. The lowest BCUT2D eigenvalue weighted by Gasteiger charge is -2.30. The number of benzene rings is 3. The van der Waals surface area contributed by atoms with Crippen LogP contribution < -0.4 is 15.4 Å². The van der Waals surface area contributed by atoms with Gasteiger partial charge in [0.1, 0.15) is 5.75 Å². The summed E-state index contributed by atoms with van der Waals surface area (Å²) in [6.45, 7) is 0.0719. The average Bonchev–Trinajstić information content (AvgIpc) is 3.31. The highest BCUT2D eigenvalue weighted by Crippen LogP contribution is 2.46. The molecule has 0 radical (unpaired) electrons. The van der Waals surface area contributed by atoms with Crippen molar-refractivity contribution < 1.29 is 27.5 Å². The molecule has 2 amide bonds. The molecule has 9 heteroatoms. The van der Waals surface area contributed by atoms with E-state index in [-0.39, 0.29) is 24.2 Å². The number of carbonyl (C=O) groups excluding carboxylic acids is 2. The highest BCUT2D eigenvalue weighted by molar-refractivity contribution is 6.05. The van der Waals surface area contributed by atoms with Crippen LogP contribution in [0.1, 0.15) is 22.3 Å². The van der Waals surface area contributed by atoms with Crippen LogP contribution >= 0.6 is 0 Å². The number of para-hydroxylation sites is 2. The normalized spacial score (nSPS) is 18.0. The fourth-order valence-corrected chi connectivity index (χ4v) is 4.31. The molecule has 2 N–H and O–H groups in total. The van der Waals surface area contributed by atoms with E-state index in [1.165, 1.54) is 31.4 Å². The van der Waals surface area contributed by atoms with Gasteiger partial charge >= 0.3 is 6.18 Å². The third-order valence-electron chi connectivity index (χ3n) is 6.33. The number of carbonyl (C=O) groups is 2. The predicted molar refractivity (Wildman–Crippen MR) is 131 cm³/mol. The molecule has 1 fully saturated rings. The van der Waals surface area contributed by atoms with Crippen molar-refractivity contribution in [2.75, 3.05) is 30.8 Å². The molecule has 3 aromatic rings. The zero-order valence-electron chi connectivity index (χ0n) is 19.6.